The molecule has 0 atom stereocenters. The van der Waals surface area contributed by atoms with E-state index in [0.29, 0.717) is 21.4 Å². The van der Waals surface area contributed by atoms with Crippen molar-refractivity contribution in [3.8, 4) is 0 Å². The molecule has 0 aliphatic heterocycles. The molecule has 0 fully saturated rings. The number of hydrogen-bond acceptors (Lipinski definition) is 6. The van der Waals surface area contributed by atoms with E-state index < -0.39 is 0 Å². The molecule has 2 amide bonds. The standard InChI is InChI=1S/C22H14N4O2S2/c27-19(25-21-23-15-8-1-3-10-17(15)29-21)13-6-5-7-14(12-13)20(28)26-22-24-16-9-2-4-11-18(16)30-22/h1-12H,(H,23,25,27)(H,24,26,28). The summed E-state index contributed by atoms with van der Waals surface area (Å²) in [6, 6.07) is 21.9. The van der Waals surface area contributed by atoms with Crippen LogP contribution >= 0.6 is 22.7 Å². The van der Waals surface area contributed by atoms with Crippen molar-refractivity contribution in [2.24, 2.45) is 0 Å². The summed E-state index contributed by atoms with van der Waals surface area (Å²) in [5.74, 6) is -0.632. The normalized spacial score (nSPS) is 10.9. The predicted octanol–water partition coefficient (Wildman–Crippen LogP) is 5.41. The Kier molecular flexibility index (Phi) is 4.70. The predicted molar refractivity (Wildman–Crippen MR) is 122 cm³/mol. The molecule has 2 heterocycles. The molecule has 0 aliphatic rings. The molecule has 5 aromatic rings. The second-order valence-electron chi connectivity index (χ2n) is 6.46. The second kappa shape index (κ2) is 7.66. The molecule has 3 aromatic carbocycles. The molecule has 0 aliphatic carbocycles. The van der Waals surface area contributed by atoms with Crippen LogP contribution in [0.15, 0.2) is 72.8 Å². The third-order valence-electron chi connectivity index (χ3n) is 4.42. The van der Waals surface area contributed by atoms with Gasteiger partial charge in [0.15, 0.2) is 10.3 Å². The van der Waals surface area contributed by atoms with E-state index in [-0.39, 0.29) is 11.8 Å². The number of rotatable bonds is 4. The summed E-state index contributed by atoms with van der Waals surface area (Å²) >= 11 is 2.81. The van der Waals surface area contributed by atoms with Gasteiger partial charge in [-0.3, -0.25) is 20.2 Å². The Balaban J connectivity index is 1.33. The molecule has 0 bridgehead atoms. The highest BCUT2D eigenvalue weighted by Gasteiger charge is 2.14. The van der Waals surface area contributed by atoms with Crippen molar-refractivity contribution >= 4 is 65.2 Å². The zero-order valence-electron chi connectivity index (χ0n) is 15.5. The van der Waals surface area contributed by atoms with Crippen LogP contribution < -0.4 is 10.6 Å². The third-order valence-corrected chi connectivity index (χ3v) is 6.32. The van der Waals surface area contributed by atoms with Gasteiger partial charge in [-0.15, -0.1) is 0 Å². The number of thiazole rings is 2. The van der Waals surface area contributed by atoms with E-state index in [0.717, 1.165) is 20.4 Å². The molecule has 30 heavy (non-hydrogen) atoms. The highest BCUT2D eigenvalue weighted by Crippen LogP contribution is 2.27. The molecule has 0 spiro atoms. The summed E-state index contributed by atoms with van der Waals surface area (Å²) in [4.78, 5) is 34.1. The number of fused-ring (bicyclic) bond motifs is 2. The monoisotopic (exact) mass is 430 g/mol. The molecule has 0 unspecified atom stereocenters. The minimum absolute atomic E-state index is 0.316. The average Bonchev–Trinajstić information content (AvgIpc) is 3.36. The smallest absolute Gasteiger partial charge is 0.257 e. The van der Waals surface area contributed by atoms with Gasteiger partial charge in [-0.1, -0.05) is 53.0 Å². The summed E-state index contributed by atoms with van der Waals surface area (Å²) in [5.41, 5.74) is 2.43. The van der Waals surface area contributed by atoms with Crippen LogP contribution in [0.5, 0.6) is 0 Å². The Morgan fingerprint density at radius 1 is 0.633 bits per heavy atom. The lowest BCUT2D eigenvalue weighted by Gasteiger charge is -2.05. The number of nitrogens with zero attached hydrogens (tertiary/aromatic N) is 2. The molecule has 146 valence electrons. The number of para-hydroxylation sites is 2. The number of aromatic nitrogens is 2. The first-order valence-corrected chi connectivity index (χ1v) is 10.7. The number of benzene rings is 3. The summed E-state index contributed by atoms with van der Waals surface area (Å²) in [5, 5.41) is 6.65. The van der Waals surface area contributed by atoms with Gasteiger partial charge in [0.2, 0.25) is 0 Å². The minimum atomic E-state index is -0.316. The van der Waals surface area contributed by atoms with Gasteiger partial charge in [-0.25, -0.2) is 9.97 Å². The first kappa shape index (κ1) is 18.4. The number of hydrogen-bond donors (Lipinski definition) is 2. The van der Waals surface area contributed by atoms with Gasteiger partial charge in [0.05, 0.1) is 20.4 Å². The molecule has 6 nitrogen and oxygen atoms in total. The van der Waals surface area contributed by atoms with E-state index in [1.807, 2.05) is 48.5 Å². The van der Waals surface area contributed by atoms with Crippen molar-refractivity contribution in [3.63, 3.8) is 0 Å². The minimum Gasteiger partial charge on any atom is -0.298 e. The van der Waals surface area contributed by atoms with E-state index in [9.17, 15) is 9.59 Å². The van der Waals surface area contributed by atoms with Crippen LogP contribution in [-0.4, -0.2) is 21.8 Å². The lowest BCUT2D eigenvalue weighted by molar-refractivity contribution is 0.102. The molecule has 0 radical (unpaired) electrons. The topological polar surface area (TPSA) is 84.0 Å². The number of amides is 2. The van der Waals surface area contributed by atoms with Crippen LogP contribution in [-0.2, 0) is 0 Å². The SMILES string of the molecule is O=C(Nc1nc2ccccc2s1)c1cccc(C(=O)Nc2nc3ccccc3s2)c1. The fourth-order valence-corrected chi connectivity index (χ4v) is 4.71. The molecule has 5 rings (SSSR count). The molecule has 0 saturated heterocycles. The van der Waals surface area contributed by atoms with Crippen molar-refractivity contribution in [1.82, 2.24) is 9.97 Å². The van der Waals surface area contributed by atoms with Gasteiger partial charge >= 0.3 is 0 Å². The number of nitrogens with one attached hydrogen (secondary N) is 2. The maximum atomic E-state index is 12.7. The van der Waals surface area contributed by atoms with Crippen LogP contribution in [0, 0.1) is 0 Å². The van der Waals surface area contributed by atoms with Crippen LogP contribution in [0.1, 0.15) is 20.7 Å². The molecule has 0 saturated carbocycles. The lowest BCUT2D eigenvalue weighted by atomic mass is 10.1. The van der Waals surface area contributed by atoms with E-state index >= 15 is 0 Å². The summed E-state index contributed by atoms with van der Waals surface area (Å²) in [6.07, 6.45) is 0. The molecule has 2 aromatic heterocycles. The quantitative estimate of drug-likeness (QED) is 0.399. The first-order valence-electron chi connectivity index (χ1n) is 9.10. The van der Waals surface area contributed by atoms with E-state index in [1.165, 1.54) is 22.7 Å². The Labute approximate surface area is 179 Å². The van der Waals surface area contributed by atoms with Gasteiger partial charge in [-0.2, -0.15) is 0 Å². The third kappa shape index (κ3) is 3.66. The molecular weight excluding hydrogens is 416 g/mol. The van der Waals surface area contributed by atoms with Gasteiger partial charge in [0.25, 0.3) is 11.8 Å². The first-order chi connectivity index (χ1) is 14.7. The van der Waals surface area contributed by atoms with Crippen molar-refractivity contribution in [2.75, 3.05) is 10.6 Å². The van der Waals surface area contributed by atoms with Gasteiger partial charge in [0, 0.05) is 11.1 Å². The zero-order valence-corrected chi connectivity index (χ0v) is 17.1. The average molecular weight is 431 g/mol. The van der Waals surface area contributed by atoms with Crippen LogP contribution in [0.4, 0.5) is 10.3 Å². The molecular formula is C22H14N4O2S2. The fraction of sp³-hybridized carbons (Fsp3) is 0. The van der Waals surface area contributed by atoms with Crippen molar-refractivity contribution in [2.45, 2.75) is 0 Å². The maximum absolute atomic E-state index is 12.7. The Morgan fingerprint density at radius 2 is 1.10 bits per heavy atom. The molecule has 2 N–H and O–H groups in total. The number of anilines is 2. The van der Waals surface area contributed by atoms with Crippen LogP contribution in [0.25, 0.3) is 20.4 Å². The van der Waals surface area contributed by atoms with Gasteiger partial charge in [-0.05, 0) is 42.5 Å². The van der Waals surface area contributed by atoms with Crippen LogP contribution in [0.2, 0.25) is 0 Å². The van der Waals surface area contributed by atoms with E-state index in [4.69, 9.17) is 0 Å². The maximum Gasteiger partial charge on any atom is 0.257 e. The Hall–Kier alpha value is -3.62. The van der Waals surface area contributed by atoms with Crippen molar-refractivity contribution in [3.05, 3.63) is 83.9 Å². The van der Waals surface area contributed by atoms with E-state index in [1.54, 1.807) is 24.3 Å². The number of carbonyl (C=O) groups is 2. The largest absolute Gasteiger partial charge is 0.298 e. The van der Waals surface area contributed by atoms with Crippen molar-refractivity contribution in [1.29, 1.82) is 0 Å². The van der Waals surface area contributed by atoms with Gasteiger partial charge in [0.1, 0.15) is 0 Å². The van der Waals surface area contributed by atoms with E-state index in [2.05, 4.69) is 20.6 Å². The Bertz CT molecular complexity index is 1240. The number of carbonyl (C=O) groups excluding carboxylic acids is 2. The highest BCUT2D eigenvalue weighted by atomic mass is 32.1. The zero-order chi connectivity index (χ0) is 20.5. The second-order valence-corrected chi connectivity index (χ2v) is 8.52. The summed E-state index contributed by atoms with van der Waals surface area (Å²) in [7, 11) is 0. The van der Waals surface area contributed by atoms with Crippen LogP contribution in [0.3, 0.4) is 0 Å². The van der Waals surface area contributed by atoms with Gasteiger partial charge < -0.3 is 0 Å². The van der Waals surface area contributed by atoms with Crippen molar-refractivity contribution < 1.29 is 9.59 Å². The Morgan fingerprint density at radius 3 is 1.57 bits per heavy atom. The fourth-order valence-electron chi connectivity index (χ4n) is 2.99. The lowest BCUT2D eigenvalue weighted by Crippen LogP contribution is -2.15. The highest BCUT2D eigenvalue weighted by molar-refractivity contribution is 7.22. The molecule has 8 heteroatoms. The summed E-state index contributed by atoms with van der Waals surface area (Å²) < 4.78 is 1.99. The summed E-state index contributed by atoms with van der Waals surface area (Å²) in [6.45, 7) is 0.